The molecule has 1 fully saturated rings. The van der Waals surface area contributed by atoms with Gasteiger partial charge in [0.15, 0.2) is 0 Å². The van der Waals surface area contributed by atoms with Gasteiger partial charge < -0.3 is 4.74 Å². The molecule has 1 rings (SSSR count). The third kappa shape index (κ3) is 1.68. The van der Waals surface area contributed by atoms with E-state index in [-0.39, 0.29) is 0 Å². The van der Waals surface area contributed by atoms with Gasteiger partial charge in [0.05, 0.1) is 0 Å². The Labute approximate surface area is 57.4 Å². The van der Waals surface area contributed by atoms with Gasteiger partial charge in [-0.1, -0.05) is 13.3 Å². The first-order valence-corrected chi connectivity index (χ1v) is 3.85. The molecule has 9 heavy (non-hydrogen) atoms. The van der Waals surface area contributed by atoms with E-state index in [4.69, 9.17) is 4.74 Å². The summed E-state index contributed by atoms with van der Waals surface area (Å²) in [5.41, 5.74) is 0. The molecule has 1 heteroatoms. The fraction of sp³-hybridized carbons (Fsp3) is 1.00. The summed E-state index contributed by atoms with van der Waals surface area (Å²) in [4.78, 5) is 0. The van der Waals surface area contributed by atoms with Crippen LogP contribution in [0.2, 0.25) is 0 Å². The van der Waals surface area contributed by atoms with Crippen LogP contribution < -0.4 is 0 Å². The van der Waals surface area contributed by atoms with E-state index >= 15 is 0 Å². The standard InChI is InChI=1S/C8H16O/c1-3-7-4-8(5-7)6-9-2/h7-8H,3-6H2,1-2H3. The minimum Gasteiger partial charge on any atom is -0.384 e. The van der Waals surface area contributed by atoms with Gasteiger partial charge in [-0.2, -0.15) is 0 Å². The third-order valence-electron chi connectivity index (χ3n) is 2.31. The molecule has 0 aromatic heterocycles. The minimum absolute atomic E-state index is 0.889. The van der Waals surface area contributed by atoms with Gasteiger partial charge in [0.25, 0.3) is 0 Å². The second-order valence-electron chi connectivity index (χ2n) is 3.07. The average molecular weight is 128 g/mol. The van der Waals surface area contributed by atoms with E-state index in [9.17, 15) is 0 Å². The van der Waals surface area contributed by atoms with Crippen molar-refractivity contribution in [2.24, 2.45) is 11.8 Å². The van der Waals surface area contributed by atoms with E-state index in [2.05, 4.69) is 6.92 Å². The van der Waals surface area contributed by atoms with Crippen molar-refractivity contribution in [3.8, 4) is 0 Å². The zero-order chi connectivity index (χ0) is 6.69. The van der Waals surface area contributed by atoms with Gasteiger partial charge in [0.1, 0.15) is 0 Å². The van der Waals surface area contributed by atoms with Crippen LogP contribution in [-0.4, -0.2) is 13.7 Å². The first-order valence-electron chi connectivity index (χ1n) is 3.85. The van der Waals surface area contributed by atoms with Gasteiger partial charge in [-0.15, -0.1) is 0 Å². The molecule has 1 aliphatic rings. The highest BCUT2D eigenvalue weighted by atomic mass is 16.5. The van der Waals surface area contributed by atoms with Gasteiger partial charge in [-0.3, -0.25) is 0 Å². The molecule has 0 atom stereocenters. The highest BCUT2D eigenvalue weighted by Gasteiger charge is 2.26. The summed E-state index contributed by atoms with van der Waals surface area (Å²) in [6, 6.07) is 0. The van der Waals surface area contributed by atoms with E-state index in [1.807, 2.05) is 0 Å². The van der Waals surface area contributed by atoms with Gasteiger partial charge >= 0.3 is 0 Å². The van der Waals surface area contributed by atoms with Crippen molar-refractivity contribution in [2.75, 3.05) is 13.7 Å². The number of rotatable bonds is 3. The van der Waals surface area contributed by atoms with Crippen molar-refractivity contribution in [2.45, 2.75) is 26.2 Å². The molecule has 0 saturated heterocycles. The van der Waals surface area contributed by atoms with Crippen LogP contribution in [0.4, 0.5) is 0 Å². The number of hydrogen-bond acceptors (Lipinski definition) is 1. The van der Waals surface area contributed by atoms with Crippen molar-refractivity contribution in [3.63, 3.8) is 0 Å². The van der Waals surface area contributed by atoms with E-state index in [0.29, 0.717) is 0 Å². The molecule has 0 heterocycles. The lowest BCUT2D eigenvalue weighted by atomic mass is 9.74. The molecule has 54 valence electrons. The average Bonchev–Trinajstić information content (AvgIpc) is 1.77. The topological polar surface area (TPSA) is 9.23 Å². The summed E-state index contributed by atoms with van der Waals surface area (Å²) in [6.07, 6.45) is 4.18. The molecule has 1 aliphatic carbocycles. The maximum Gasteiger partial charge on any atom is 0.0490 e. The molecule has 0 aliphatic heterocycles. The summed E-state index contributed by atoms with van der Waals surface area (Å²) < 4.78 is 5.04. The van der Waals surface area contributed by atoms with Crippen molar-refractivity contribution < 1.29 is 4.74 Å². The molecular weight excluding hydrogens is 112 g/mol. The Balaban J connectivity index is 1.98. The lowest BCUT2D eigenvalue weighted by Crippen LogP contribution is -2.26. The first kappa shape index (κ1) is 7.07. The Morgan fingerprint density at radius 3 is 2.44 bits per heavy atom. The molecule has 0 aromatic rings. The molecule has 0 spiro atoms. The van der Waals surface area contributed by atoms with Crippen molar-refractivity contribution in [1.29, 1.82) is 0 Å². The Morgan fingerprint density at radius 2 is 2.00 bits per heavy atom. The van der Waals surface area contributed by atoms with Crippen molar-refractivity contribution >= 4 is 0 Å². The highest BCUT2D eigenvalue weighted by Crippen LogP contribution is 2.35. The lowest BCUT2D eigenvalue weighted by molar-refractivity contribution is 0.0722. The zero-order valence-electron chi connectivity index (χ0n) is 6.39. The zero-order valence-corrected chi connectivity index (χ0v) is 6.39. The fourth-order valence-corrected chi connectivity index (χ4v) is 1.58. The Hall–Kier alpha value is -0.0400. The summed E-state index contributed by atoms with van der Waals surface area (Å²) in [5, 5.41) is 0. The molecule has 0 radical (unpaired) electrons. The van der Waals surface area contributed by atoms with Crippen LogP contribution >= 0.6 is 0 Å². The van der Waals surface area contributed by atoms with Crippen LogP contribution in [-0.2, 0) is 4.74 Å². The van der Waals surface area contributed by atoms with Crippen LogP contribution in [0, 0.1) is 11.8 Å². The highest BCUT2D eigenvalue weighted by molar-refractivity contribution is 4.77. The monoisotopic (exact) mass is 128 g/mol. The van der Waals surface area contributed by atoms with E-state index in [0.717, 1.165) is 18.4 Å². The molecule has 1 nitrogen and oxygen atoms in total. The Morgan fingerprint density at radius 1 is 1.33 bits per heavy atom. The molecular formula is C8H16O. The normalized spacial score (nSPS) is 34.0. The largest absolute Gasteiger partial charge is 0.384 e. The second-order valence-corrected chi connectivity index (χ2v) is 3.07. The molecule has 1 saturated carbocycles. The van der Waals surface area contributed by atoms with E-state index in [1.54, 1.807) is 7.11 Å². The summed E-state index contributed by atoms with van der Waals surface area (Å²) >= 11 is 0. The molecule has 0 amide bonds. The quantitative estimate of drug-likeness (QED) is 0.565. The van der Waals surface area contributed by atoms with Crippen molar-refractivity contribution in [1.82, 2.24) is 0 Å². The molecule has 0 bridgehead atoms. The Bertz CT molecular complexity index is 74.6. The van der Waals surface area contributed by atoms with Gasteiger partial charge in [-0.25, -0.2) is 0 Å². The van der Waals surface area contributed by atoms with Crippen LogP contribution in [0.5, 0.6) is 0 Å². The maximum atomic E-state index is 5.04. The summed E-state index contributed by atoms with van der Waals surface area (Å²) in [5.74, 6) is 1.91. The van der Waals surface area contributed by atoms with Crippen LogP contribution in [0.3, 0.4) is 0 Å². The third-order valence-corrected chi connectivity index (χ3v) is 2.31. The predicted octanol–water partition coefficient (Wildman–Crippen LogP) is 2.07. The second kappa shape index (κ2) is 3.21. The summed E-state index contributed by atoms with van der Waals surface area (Å²) in [7, 11) is 1.79. The number of hydrogen-bond donors (Lipinski definition) is 0. The smallest absolute Gasteiger partial charge is 0.0490 e. The van der Waals surface area contributed by atoms with Crippen LogP contribution in [0.15, 0.2) is 0 Å². The van der Waals surface area contributed by atoms with E-state index in [1.165, 1.54) is 19.3 Å². The molecule has 0 unspecified atom stereocenters. The van der Waals surface area contributed by atoms with Crippen LogP contribution in [0.25, 0.3) is 0 Å². The van der Waals surface area contributed by atoms with E-state index < -0.39 is 0 Å². The maximum absolute atomic E-state index is 5.04. The molecule has 0 N–H and O–H groups in total. The molecule has 0 aromatic carbocycles. The fourth-order valence-electron chi connectivity index (χ4n) is 1.58. The lowest BCUT2D eigenvalue weighted by Gasteiger charge is -2.33. The predicted molar refractivity (Wildman–Crippen MR) is 38.4 cm³/mol. The van der Waals surface area contributed by atoms with Gasteiger partial charge in [-0.05, 0) is 24.7 Å². The summed E-state index contributed by atoms with van der Waals surface area (Å²) in [6.45, 7) is 3.25. The number of methoxy groups -OCH3 is 1. The van der Waals surface area contributed by atoms with Gasteiger partial charge in [0, 0.05) is 13.7 Å². The Kier molecular flexibility index (Phi) is 2.52. The SMILES string of the molecule is CCC1CC(COC)C1. The number of ether oxygens (including phenoxy) is 1. The minimum atomic E-state index is 0.889. The van der Waals surface area contributed by atoms with Crippen LogP contribution in [0.1, 0.15) is 26.2 Å². The van der Waals surface area contributed by atoms with Crippen molar-refractivity contribution in [3.05, 3.63) is 0 Å². The first-order chi connectivity index (χ1) is 4.36. The van der Waals surface area contributed by atoms with Gasteiger partial charge in [0.2, 0.25) is 0 Å².